The number of aliphatic hydroxyl groups is 1. The lowest BCUT2D eigenvalue weighted by atomic mass is 9.96. The molecule has 0 radical (unpaired) electrons. The van der Waals surface area contributed by atoms with E-state index >= 15 is 0 Å². The van der Waals surface area contributed by atoms with Gasteiger partial charge in [0, 0.05) is 64.4 Å². The highest BCUT2D eigenvalue weighted by Crippen LogP contribution is 2.28. The fraction of sp³-hybridized carbons (Fsp3) is 0.938. The fourth-order valence-corrected chi connectivity index (χ4v) is 3.85. The molecule has 3 fully saturated rings. The summed E-state index contributed by atoms with van der Waals surface area (Å²) in [6, 6.07) is 0. The molecule has 3 heterocycles. The van der Waals surface area contributed by atoms with Crippen molar-refractivity contribution in [1.82, 2.24) is 9.80 Å². The van der Waals surface area contributed by atoms with Crippen LogP contribution < -0.4 is 0 Å². The van der Waals surface area contributed by atoms with Crippen LogP contribution in [-0.4, -0.2) is 86.6 Å². The van der Waals surface area contributed by atoms with Gasteiger partial charge in [-0.05, 0) is 18.8 Å². The molecule has 1 N–H and O–H groups in total. The number of amides is 1. The van der Waals surface area contributed by atoms with Crippen molar-refractivity contribution >= 4 is 5.91 Å². The van der Waals surface area contributed by atoms with Crippen molar-refractivity contribution in [2.24, 2.45) is 17.8 Å². The van der Waals surface area contributed by atoms with Gasteiger partial charge in [-0.2, -0.15) is 0 Å². The molecule has 3 rings (SSSR count). The zero-order valence-electron chi connectivity index (χ0n) is 13.3. The molecule has 1 amide bonds. The Morgan fingerprint density at radius 1 is 1.00 bits per heavy atom. The van der Waals surface area contributed by atoms with Crippen LogP contribution in [0.25, 0.3) is 0 Å². The van der Waals surface area contributed by atoms with Crippen molar-refractivity contribution in [3.05, 3.63) is 0 Å². The first-order valence-electron chi connectivity index (χ1n) is 8.55. The molecule has 0 aliphatic carbocycles. The minimum Gasteiger partial charge on any atom is -0.396 e. The standard InChI is InChI=1S/C16H28N2O4/c19-12-15-11-18(16(20)13-1-5-21-6-2-13)10-14(15)9-17-3-7-22-8-4-17/h13-15,19H,1-12H2/t14-,15-/m0/s1. The van der Waals surface area contributed by atoms with Crippen molar-refractivity contribution in [1.29, 1.82) is 0 Å². The third-order valence-corrected chi connectivity index (χ3v) is 5.29. The molecule has 126 valence electrons. The summed E-state index contributed by atoms with van der Waals surface area (Å²) in [4.78, 5) is 17.0. The Labute approximate surface area is 132 Å². The van der Waals surface area contributed by atoms with Crippen LogP contribution in [0.4, 0.5) is 0 Å². The topological polar surface area (TPSA) is 62.2 Å². The first-order valence-corrected chi connectivity index (χ1v) is 8.55. The van der Waals surface area contributed by atoms with Gasteiger partial charge in [0.1, 0.15) is 0 Å². The number of likely N-dealkylation sites (tertiary alicyclic amines) is 1. The number of nitrogens with zero attached hydrogens (tertiary/aromatic N) is 2. The summed E-state index contributed by atoms with van der Waals surface area (Å²) >= 11 is 0. The molecule has 6 nitrogen and oxygen atoms in total. The third kappa shape index (κ3) is 3.79. The van der Waals surface area contributed by atoms with Crippen LogP contribution in [0, 0.1) is 17.8 Å². The van der Waals surface area contributed by atoms with Gasteiger partial charge >= 0.3 is 0 Å². The second-order valence-electron chi connectivity index (χ2n) is 6.75. The lowest BCUT2D eigenvalue weighted by molar-refractivity contribution is -0.137. The molecular formula is C16H28N2O4. The van der Waals surface area contributed by atoms with E-state index in [4.69, 9.17) is 9.47 Å². The number of aliphatic hydroxyl groups excluding tert-OH is 1. The monoisotopic (exact) mass is 312 g/mol. The van der Waals surface area contributed by atoms with E-state index in [0.717, 1.165) is 52.2 Å². The highest BCUT2D eigenvalue weighted by atomic mass is 16.5. The predicted octanol–water partition coefficient (Wildman–Crippen LogP) is -0.188. The van der Waals surface area contributed by atoms with E-state index in [-0.39, 0.29) is 24.3 Å². The minimum absolute atomic E-state index is 0.121. The molecular weight excluding hydrogens is 284 g/mol. The van der Waals surface area contributed by atoms with Gasteiger partial charge < -0.3 is 19.5 Å². The SMILES string of the molecule is O=C(C1CCOCC1)N1C[C@@H](CO)[C@@H](CN2CCOCC2)C1. The van der Waals surface area contributed by atoms with Gasteiger partial charge in [-0.15, -0.1) is 0 Å². The number of carbonyl (C=O) groups is 1. The van der Waals surface area contributed by atoms with E-state index in [2.05, 4.69) is 4.90 Å². The van der Waals surface area contributed by atoms with Crippen LogP contribution >= 0.6 is 0 Å². The largest absolute Gasteiger partial charge is 0.396 e. The van der Waals surface area contributed by atoms with Crippen LogP contribution in [0.5, 0.6) is 0 Å². The summed E-state index contributed by atoms with van der Waals surface area (Å²) in [5, 5.41) is 9.67. The Kier molecular flexibility index (Phi) is 5.68. The van der Waals surface area contributed by atoms with Gasteiger partial charge in [0.25, 0.3) is 0 Å². The molecule has 3 saturated heterocycles. The van der Waals surface area contributed by atoms with Gasteiger partial charge in [0.05, 0.1) is 13.2 Å². The predicted molar refractivity (Wildman–Crippen MR) is 81.4 cm³/mol. The van der Waals surface area contributed by atoms with Crippen molar-refractivity contribution < 1.29 is 19.4 Å². The Morgan fingerprint density at radius 2 is 1.64 bits per heavy atom. The maximum atomic E-state index is 12.7. The van der Waals surface area contributed by atoms with Crippen molar-refractivity contribution in [2.45, 2.75) is 12.8 Å². The van der Waals surface area contributed by atoms with Gasteiger partial charge in [0.15, 0.2) is 0 Å². The highest BCUT2D eigenvalue weighted by molar-refractivity contribution is 5.79. The van der Waals surface area contributed by atoms with Gasteiger partial charge in [-0.25, -0.2) is 0 Å². The van der Waals surface area contributed by atoms with Gasteiger partial charge in [-0.3, -0.25) is 9.69 Å². The minimum atomic E-state index is 0.121. The molecule has 0 aromatic carbocycles. The average Bonchev–Trinajstić information content (AvgIpc) is 2.99. The van der Waals surface area contributed by atoms with E-state index in [9.17, 15) is 9.90 Å². The summed E-state index contributed by atoms with van der Waals surface area (Å²) in [5.74, 6) is 0.986. The number of hydrogen-bond donors (Lipinski definition) is 1. The molecule has 0 saturated carbocycles. The average molecular weight is 312 g/mol. The van der Waals surface area contributed by atoms with Crippen LogP contribution in [0.2, 0.25) is 0 Å². The zero-order valence-corrected chi connectivity index (χ0v) is 13.3. The molecule has 0 spiro atoms. The maximum Gasteiger partial charge on any atom is 0.225 e. The smallest absolute Gasteiger partial charge is 0.225 e. The Bertz CT molecular complexity index is 367. The van der Waals surface area contributed by atoms with Gasteiger partial charge in [-0.1, -0.05) is 0 Å². The first-order chi connectivity index (χ1) is 10.8. The Hall–Kier alpha value is -0.690. The number of rotatable bonds is 4. The van der Waals surface area contributed by atoms with Crippen LogP contribution in [0.15, 0.2) is 0 Å². The number of ether oxygens (including phenoxy) is 2. The molecule has 0 aromatic rings. The van der Waals surface area contributed by atoms with Crippen molar-refractivity contribution in [2.75, 3.05) is 65.8 Å². The first kappa shape index (κ1) is 16.2. The van der Waals surface area contributed by atoms with Crippen LogP contribution in [-0.2, 0) is 14.3 Å². The van der Waals surface area contributed by atoms with Gasteiger partial charge in [0.2, 0.25) is 5.91 Å². The maximum absolute atomic E-state index is 12.7. The quantitative estimate of drug-likeness (QED) is 0.780. The summed E-state index contributed by atoms with van der Waals surface area (Å²) in [7, 11) is 0. The summed E-state index contributed by atoms with van der Waals surface area (Å²) in [6.07, 6.45) is 1.68. The number of hydrogen-bond acceptors (Lipinski definition) is 5. The lowest BCUT2D eigenvalue weighted by Gasteiger charge is -2.30. The van der Waals surface area contributed by atoms with Crippen LogP contribution in [0.1, 0.15) is 12.8 Å². The Morgan fingerprint density at radius 3 is 2.32 bits per heavy atom. The second-order valence-corrected chi connectivity index (χ2v) is 6.75. The summed E-state index contributed by atoms with van der Waals surface area (Å²) in [6.45, 7) is 7.54. The number of carbonyl (C=O) groups excluding carboxylic acids is 1. The molecule has 0 bridgehead atoms. The molecule has 0 aromatic heterocycles. The van der Waals surface area contributed by atoms with E-state index in [1.807, 2.05) is 4.90 Å². The highest BCUT2D eigenvalue weighted by Gasteiger charge is 2.38. The molecule has 3 aliphatic heterocycles. The summed E-state index contributed by atoms with van der Waals surface area (Å²) < 4.78 is 10.7. The normalized spacial score (nSPS) is 31.6. The molecule has 6 heteroatoms. The second kappa shape index (κ2) is 7.73. The van der Waals surface area contributed by atoms with Crippen molar-refractivity contribution in [3.63, 3.8) is 0 Å². The van der Waals surface area contributed by atoms with E-state index < -0.39 is 0 Å². The lowest BCUT2D eigenvalue weighted by Crippen LogP contribution is -2.41. The van der Waals surface area contributed by atoms with Crippen molar-refractivity contribution in [3.8, 4) is 0 Å². The zero-order chi connectivity index (χ0) is 15.4. The van der Waals surface area contributed by atoms with Crippen LogP contribution in [0.3, 0.4) is 0 Å². The molecule has 3 aliphatic rings. The van der Waals surface area contributed by atoms with E-state index in [1.54, 1.807) is 0 Å². The van der Waals surface area contributed by atoms with E-state index in [1.165, 1.54) is 0 Å². The molecule has 2 atom stereocenters. The summed E-state index contributed by atoms with van der Waals surface area (Å²) in [5.41, 5.74) is 0. The molecule has 22 heavy (non-hydrogen) atoms. The van der Waals surface area contributed by atoms with E-state index in [0.29, 0.717) is 25.7 Å². The Balaban J connectivity index is 1.54. The third-order valence-electron chi connectivity index (χ3n) is 5.29. The fourth-order valence-electron chi connectivity index (χ4n) is 3.85. The molecule has 0 unspecified atom stereocenters. The number of morpholine rings is 1.